The Morgan fingerprint density at radius 3 is 2.80 bits per heavy atom. The van der Waals surface area contributed by atoms with Crippen molar-refractivity contribution < 1.29 is 9.47 Å². The number of hydrogen-bond acceptors (Lipinski definition) is 3. The largest absolute Gasteiger partial charge is 0.375 e. The van der Waals surface area contributed by atoms with Gasteiger partial charge in [0.15, 0.2) is 5.96 Å². The van der Waals surface area contributed by atoms with Gasteiger partial charge in [0.05, 0.1) is 12.1 Å². The van der Waals surface area contributed by atoms with Crippen molar-refractivity contribution >= 4 is 5.96 Å². The summed E-state index contributed by atoms with van der Waals surface area (Å²) in [4.78, 5) is 7.01. The smallest absolute Gasteiger partial charge is 0.191 e. The van der Waals surface area contributed by atoms with Gasteiger partial charge in [-0.25, -0.2) is 4.99 Å². The van der Waals surface area contributed by atoms with E-state index in [-0.39, 0.29) is 17.7 Å². The van der Waals surface area contributed by atoms with Crippen molar-refractivity contribution in [3.05, 3.63) is 0 Å². The third kappa shape index (κ3) is 2.42. The average Bonchev–Trinajstić information content (AvgIpc) is 2.99. The molecule has 0 amide bonds. The van der Waals surface area contributed by atoms with Crippen molar-refractivity contribution in [1.29, 1.82) is 0 Å². The number of likely N-dealkylation sites (tertiary alicyclic amines) is 1. The molecule has 5 nitrogen and oxygen atoms in total. The van der Waals surface area contributed by atoms with E-state index in [0.29, 0.717) is 5.96 Å². The molecule has 2 aliphatic heterocycles. The minimum absolute atomic E-state index is 0.184. The first kappa shape index (κ1) is 14.1. The average molecular weight is 281 g/mol. The monoisotopic (exact) mass is 281 g/mol. The lowest BCUT2D eigenvalue weighted by atomic mass is 9.70. The molecule has 1 aliphatic carbocycles. The standard InChI is InChI=1S/C15H27N3O2/c1-2-19-13-11-12(15(13)7-6-10-20-15)17-14(16)18-8-4-3-5-9-18/h12-13H,2-11H2,1H3,(H2,16,17)/t12-,13+,15+/m0/s1. The molecule has 114 valence electrons. The van der Waals surface area contributed by atoms with E-state index in [1.54, 1.807) is 0 Å². The van der Waals surface area contributed by atoms with Gasteiger partial charge >= 0.3 is 0 Å². The lowest BCUT2D eigenvalue weighted by molar-refractivity contribution is -0.189. The lowest BCUT2D eigenvalue weighted by Crippen LogP contribution is -2.64. The number of nitrogens with zero attached hydrogens (tertiary/aromatic N) is 2. The Bertz CT molecular complexity index is 360. The van der Waals surface area contributed by atoms with Gasteiger partial charge in [-0.3, -0.25) is 0 Å². The van der Waals surface area contributed by atoms with Crippen molar-refractivity contribution in [2.24, 2.45) is 10.7 Å². The van der Waals surface area contributed by atoms with Gasteiger partial charge in [0.1, 0.15) is 5.60 Å². The van der Waals surface area contributed by atoms with Crippen molar-refractivity contribution in [3.8, 4) is 0 Å². The molecule has 20 heavy (non-hydrogen) atoms. The third-order valence-corrected chi connectivity index (χ3v) is 4.97. The maximum absolute atomic E-state index is 6.21. The highest BCUT2D eigenvalue weighted by atomic mass is 16.6. The second-order valence-electron chi connectivity index (χ2n) is 6.14. The van der Waals surface area contributed by atoms with Crippen LogP contribution < -0.4 is 5.73 Å². The van der Waals surface area contributed by atoms with E-state index in [0.717, 1.165) is 45.6 Å². The Labute approximate surface area is 121 Å². The fraction of sp³-hybridized carbons (Fsp3) is 0.933. The molecule has 2 heterocycles. The maximum Gasteiger partial charge on any atom is 0.191 e. The first-order valence-electron chi connectivity index (χ1n) is 8.10. The number of nitrogens with two attached hydrogens (primary N) is 1. The van der Waals surface area contributed by atoms with Crippen LogP contribution in [0.2, 0.25) is 0 Å². The minimum Gasteiger partial charge on any atom is -0.375 e. The summed E-state index contributed by atoms with van der Waals surface area (Å²) in [6.07, 6.45) is 7.08. The molecule has 0 radical (unpaired) electrons. The van der Waals surface area contributed by atoms with Gasteiger partial charge in [-0.05, 0) is 39.0 Å². The molecular weight excluding hydrogens is 254 g/mol. The van der Waals surface area contributed by atoms with E-state index in [2.05, 4.69) is 4.90 Å². The molecule has 0 aromatic rings. The van der Waals surface area contributed by atoms with Crippen LogP contribution in [0, 0.1) is 0 Å². The van der Waals surface area contributed by atoms with Crippen LogP contribution in [-0.2, 0) is 9.47 Å². The summed E-state index contributed by atoms with van der Waals surface area (Å²) in [5.41, 5.74) is 6.02. The SMILES string of the molecule is CCO[C@@H]1C[C@H](N=C(N)N2CCCCC2)[C@]12CCCO2. The molecule has 3 fully saturated rings. The number of rotatable bonds is 3. The van der Waals surface area contributed by atoms with Crippen molar-refractivity contribution in [1.82, 2.24) is 4.90 Å². The van der Waals surface area contributed by atoms with Crippen LogP contribution in [0.3, 0.4) is 0 Å². The normalized spacial score (nSPS) is 38.2. The summed E-state index contributed by atoms with van der Waals surface area (Å²) in [6, 6.07) is 0.184. The van der Waals surface area contributed by atoms with Crippen LogP contribution in [0.1, 0.15) is 45.4 Å². The highest BCUT2D eigenvalue weighted by molar-refractivity contribution is 5.78. The van der Waals surface area contributed by atoms with Crippen LogP contribution >= 0.6 is 0 Å². The Morgan fingerprint density at radius 2 is 2.15 bits per heavy atom. The van der Waals surface area contributed by atoms with E-state index in [9.17, 15) is 0 Å². The second kappa shape index (κ2) is 5.90. The molecule has 2 saturated heterocycles. The molecule has 5 heteroatoms. The summed E-state index contributed by atoms with van der Waals surface area (Å²) >= 11 is 0. The van der Waals surface area contributed by atoms with E-state index in [4.69, 9.17) is 20.2 Å². The zero-order valence-electron chi connectivity index (χ0n) is 12.5. The van der Waals surface area contributed by atoms with E-state index >= 15 is 0 Å². The van der Waals surface area contributed by atoms with Gasteiger partial charge in [0.2, 0.25) is 0 Å². The van der Waals surface area contributed by atoms with Gasteiger partial charge in [-0.1, -0.05) is 0 Å². The van der Waals surface area contributed by atoms with Gasteiger partial charge in [0.25, 0.3) is 0 Å². The fourth-order valence-corrected chi connectivity index (χ4v) is 3.79. The number of hydrogen-bond donors (Lipinski definition) is 1. The predicted octanol–water partition coefficient (Wildman–Crippen LogP) is 1.51. The van der Waals surface area contributed by atoms with E-state index in [1.165, 1.54) is 19.3 Å². The van der Waals surface area contributed by atoms with Crippen LogP contribution in [0.5, 0.6) is 0 Å². The Hall–Kier alpha value is -0.810. The van der Waals surface area contributed by atoms with E-state index in [1.807, 2.05) is 6.92 Å². The van der Waals surface area contributed by atoms with Crippen molar-refractivity contribution in [3.63, 3.8) is 0 Å². The number of guanidine groups is 1. The molecule has 3 aliphatic rings. The van der Waals surface area contributed by atoms with Crippen LogP contribution in [-0.4, -0.2) is 54.9 Å². The Morgan fingerprint density at radius 1 is 1.35 bits per heavy atom. The Balaban J connectivity index is 1.67. The summed E-state index contributed by atoms with van der Waals surface area (Å²) in [5, 5.41) is 0. The number of aliphatic imine (C=N–C) groups is 1. The maximum atomic E-state index is 6.21. The molecule has 2 N–H and O–H groups in total. The molecule has 0 aromatic heterocycles. The zero-order chi connectivity index (χ0) is 14.0. The molecule has 1 saturated carbocycles. The van der Waals surface area contributed by atoms with Crippen molar-refractivity contribution in [2.75, 3.05) is 26.3 Å². The first-order chi connectivity index (χ1) is 9.76. The van der Waals surface area contributed by atoms with E-state index < -0.39 is 0 Å². The second-order valence-corrected chi connectivity index (χ2v) is 6.14. The predicted molar refractivity (Wildman–Crippen MR) is 78.8 cm³/mol. The summed E-state index contributed by atoms with van der Waals surface area (Å²) in [6.45, 7) is 5.71. The molecular formula is C15H27N3O2. The zero-order valence-corrected chi connectivity index (χ0v) is 12.5. The van der Waals surface area contributed by atoms with Crippen molar-refractivity contribution in [2.45, 2.75) is 63.2 Å². The summed E-state index contributed by atoms with van der Waals surface area (Å²) in [7, 11) is 0. The van der Waals surface area contributed by atoms with Crippen LogP contribution in [0.15, 0.2) is 4.99 Å². The minimum atomic E-state index is -0.184. The Kier molecular flexibility index (Phi) is 4.17. The van der Waals surface area contributed by atoms with Gasteiger partial charge in [-0.15, -0.1) is 0 Å². The fourth-order valence-electron chi connectivity index (χ4n) is 3.79. The quantitative estimate of drug-likeness (QED) is 0.629. The summed E-state index contributed by atoms with van der Waals surface area (Å²) < 4.78 is 11.9. The molecule has 0 bridgehead atoms. The first-order valence-corrected chi connectivity index (χ1v) is 8.10. The topological polar surface area (TPSA) is 60.1 Å². The van der Waals surface area contributed by atoms with Crippen LogP contribution in [0.4, 0.5) is 0 Å². The molecule has 0 unspecified atom stereocenters. The molecule has 1 spiro atoms. The number of piperidine rings is 1. The highest BCUT2D eigenvalue weighted by Gasteiger charge is 2.59. The number of ether oxygens (including phenoxy) is 2. The molecule has 0 aromatic carbocycles. The third-order valence-electron chi connectivity index (χ3n) is 4.97. The van der Waals surface area contributed by atoms with Crippen LogP contribution in [0.25, 0.3) is 0 Å². The summed E-state index contributed by atoms with van der Waals surface area (Å²) in [5.74, 6) is 0.708. The van der Waals surface area contributed by atoms with Gasteiger partial charge in [-0.2, -0.15) is 0 Å². The lowest BCUT2D eigenvalue weighted by Gasteiger charge is -2.50. The molecule has 3 rings (SSSR count). The van der Waals surface area contributed by atoms with Gasteiger partial charge in [0, 0.05) is 32.7 Å². The highest BCUT2D eigenvalue weighted by Crippen LogP contribution is 2.47. The van der Waals surface area contributed by atoms with Gasteiger partial charge < -0.3 is 20.1 Å². The molecule has 3 atom stereocenters.